The highest BCUT2D eigenvalue weighted by Gasteiger charge is 2.05. The van der Waals surface area contributed by atoms with E-state index in [1.165, 1.54) is 0 Å². The number of rotatable bonds is 8. The molecule has 138 valence electrons. The number of aromatic nitrogens is 2. The monoisotopic (exact) mass is 356 g/mol. The molecule has 0 spiro atoms. The first-order valence-corrected chi connectivity index (χ1v) is 8.57. The van der Waals surface area contributed by atoms with Gasteiger partial charge >= 0.3 is 0 Å². The molecule has 1 heterocycles. The summed E-state index contributed by atoms with van der Waals surface area (Å²) in [5.41, 5.74) is 2.53. The van der Waals surface area contributed by atoms with Gasteiger partial charge in [-0.25, -0.2) is 9.97 Å². The molecule has 0 radical (unpaired) electrons. The molecule has 26 heavy (non-hydrogen) atoms. The normalized spacial score (nSPS) is 10.3. The fourth-order valence-electron chi connectivity index (χ4n) is 2.31. The van der Waals surface area contributed by atoms with E-state index < -0.39 is 0 Å². The van der Waals surface area contributed by atoms with Gasteiger partial charge in [0, 0.05) is 36.5 Å². The molecule has 2 N–H and O–H groups in total. The quantitative estimate of drug-likeness (QED) is 0.756. The Morgan fingerprint density at radius 1 is 1.04 bits per heavy atom. The average Bonchev–Trinajstić information content (AvgIpc) is 2.60. The van der Waals surface area contributed by atoms with Gasteiger partial charge in [-0.15, -0.1) is 0 Å². The molecule has 0 aliphatic carbocycles. The van der Waals surface area contributed by atoms with Crippen LogP contribution in [-0.2, 0) is 16.0 Å². The van der Waals surface area contributed by atoms with Crippen LogP contribution in [0.4, 0.5) is 5.69 Å². The van der Waals surface area contributed by atoms with Crippen molar-refractivity contribution in [3.63, 3.8) is 0 Å². The zero-order valence-electron chi connectivity index (χ0n) is 15.3. The van der Waals surface area contributed by atoms with Gasteiger partial charge < -0.3 is 15.4 Å². The predicted octanol–water partition coefficient (Wildman–Crippen LogP) is 2.18. The van der Waals surface area contributed by atoms with Crippen LogP contribution in [0.1, 0.15) is 30.6 Å². The molecule has 0 bridgehead atoms. The summed E-state index contributed by atoms with van der Waals surface area (Å²) in [5, 5.41) is 5.53. The number of benzene rings is 1. The molecular weight excluding hydrogens is 332 g/mol. The van der Waals surface area contributed by atoms with Crippen molar-refractivity contribution in [2.24, 2.45) is 0 Å². The molecule has 0 atom stereocenters. The maximum absolute atomic E-state index is 11.9. The summed E-state index contributed by atoms with van der Waals surface area (Å²) in [6, 6.07) is 8.80. The lowest BCUT2D eigenvalue weighted by Gasteiger charge is -2.09. The van der Waals surface area contributed by atoms with Crippen LogP contribution < -0.4 is 15.4 Å². The van der Waals surface area contributed by atoms with Crippen molar-refractivity contribution < 1.29 is 14.3 Å². The fraction of sp³-hybridized carbons (Fsp3) is 0.368. The van der Waals surface area contributed by atoms with Crippen LogP contribution in [0.2, 0.25) is 0 Å². The maximum atomic E-state index is 11.9. The van der Waals surface area contributed by atoms with Gasteiger partial charge in [-0.05, 0) is 44.2 Å². The number of carbonyl (C=O) groups excluding carboxylic acids is 2. The van der Waals surface area contributed by atoms with Crippen molar-refractivity contribution in [2.45, 2.75) is 33.6 Å². The second-order valence-corrected chi connectivity index (χ2v) is 5.88. The summed E-state index contributed by atoms with van der Waals surface area (Å²) in [7, 11) is 0. The smallest absolute Gasteiger partial charge is 0.257 e. The second kappa shape index (κ2) is 9.50. The van der Waals surface area contributed by atoms with Crippen molar-refractivity contribution in [3.05, 3.63) is 47.5 Å². The molecule has 1 aromatic carbocycles. The largest absolute Gasteiger partial charge is 0.484 e. The molecule has 1 aromatic heterocycles. The molecule has 0 aliphatic rings. The van der Waals surface area contributed by atoms with Gasteiger partial charge in [0.05, 0.1) is 0 Å². The number of anilines is 1. The van der Waals surface area contributed by atoms with Crippen molar-refractivity contribution in [1.82, 2.24) is 15.3 Å². The van der Waals surface area contributed by atoms with Gasteiger partial charge in [0.1, 0.15) is 11.6 Å². The number of hydrogen-bond donors (Lipinski definition) is 2. The molecule has 0 saturated heterocycles. The molecule has 2 amide bonds. The number of aryl methyl sites for hydroxylation is 2. The zero-order chi connectivity index (χ0) is 18.9. The van der Waals surface area contributed by atoms with Gasteiger partial charge in [-0.3, -0.25) is 9.59 Å². The minimum Gasteiger partial charge on any atom is -0.484 e. The first kappa shape index (κ1) is 19.4. The van der Waals surface area contributed by atoms with E-state index >= 15 is 0 Å². The summed E-state index contributed by atoms with van der Waals surface area (Å²) in [6.07, 6.45) is 0.992. The van der Waals surface area contributed by atoms with Gasteiger partial charge in [0.15, 0.2) is 6.61 Å². The maximum Gasteiger partial charge on any atom is 0.257 e. The van der Waals surface area contributed by atoms with E-state index in [0.29, 0.717) is 36.6 Å². The number of amides is 2. The zero-order valence-corrected chi connectivity index (χ0v) is 15.3. The Balaban J connectivity index is 1.72. The summed E-state index contributed by atoms with van der Waals surface area (Å²) < 4.78 is 5.44. The van der Waals surface area contributed by atoms with Crippen LogP contribution in [0.15, 0.2) is 30.3 Å². The lowest BCUT2D eigenvalue weighted by Crippen LogP contribution is -2.30. The van der Waals surface area contributed by atoms with Gasteiger partial charge in [-0.2, -0.15) is 0 Å². The lowest BCUT2D eigenvalue weighted by molar-refractivity contribution is -0.123. The Morgan fingerprint density at radius 3 is 2.31 bits per heavy atom. The summed E-state index contributed by atoms with van der Waals surface area (Å²) in [4.78, 5) is 31.8. The molecule has 7 heteroatoms. The Hall–Kier alpha value is -2.96. The van der Waals surface area contributed by atoms with Crippen LogP contribution in [0.25, 0.3) is 0 Å². The number of hydrogen-bond acceptors (Lipinski definition) is 5. The Labute approximate surface area is 153 Å². The second-order valence-electron chi connectivity index (χ2n) is 5.88. The molecule has 2 rings (SSSR count). The number of nitrogens with zero attached hydrogens (tertiary/aromatic N) is 2. The van der Waals surface area contributed by atoms with Gasteiger partial charge in [0.2, 0.25) is 5.91 Å². The van der Waals surface area contributed by atoms with E-state index in [-0.39, 0.29) is 18.4 Å². The third-order valence-corrected chi connectivity index (χ3v) is 3.53. The standard InChI is InChI=1S/C19H24N4O3/c1-4-18(24)23-15-5-7-16(8-6-15)26-12-19(25)20-10-9-17-21-13(2)11-14(3)22-17/h5-8,11H,4,9-10,12H2,1-3H3,(H,20,25)(H,23,24). The van der Waals surface area contributed by atoms with Crippen molar-refractivity contribution in [3.8, 4) is 5.75 Å². The minimum absolute atomic E-state index is 0.0502. The van der Waals surface area contributed by atoms with Crippen LogP contribution in [0.3, 0.4) is 0 Å². The molecule has 7 nitrogen and oxygen atoms in total. The van der Waals surface area contributed by atoms with E-state index in [1.54, 1.807) is 31.2 Å². The van der Waals surface area contributed by atoms with E-state index in [0.717, 1.165) is 11.4 Å². The average molecular weight is 356 g/mol. The van der Waals surface area contributed by atoms with E-state index in [2.05, 4.69) is 20.6 Å². The molecule has 0 saturated carbocycles. The predicted molar refractivity (Wildman–Crippen MR) is 99.1 cm³/mol. The first-order valence-electron chi connectivity index (χ1n) is 8.57. The molecule has 0 fully saturated rings. The van der Waals surface area contributed by atoms with Crippen molar-refractivity contribution >= 4 is 17.5 Å². The van der Waals surface area contributed by atoms with Gasteiger partial charge in [-0.1, -0.05) is 6.92 Å². The van der Waals surface area contributed by atoms with Gasteiger partial charge in [0.25, 0.3) is 5.91 Å². The molecule has 0 unspecified atom stereocenters. The number of ether oxygens (including phenoxy) is 1. The Kier molecular flexibility index (Phi) is 7.08. The highest BCUT2D eigenvalue weighted by molar-refractivity contribution is 5.90. The topological polar surface area (TPSA) is 93.2 Å². The molecule has 2 aromatic rings. The van der Waals surface area contributed by atoms with E-state index in [9.17, 15) is 9.59 Å². The van der Waals surface area contributed by atoms with E-state index in [4.69, 9.17) is 4.74 Å². The first-order chi connectivity index (χ1) is 12.5. The fourth-order valence-corrected chi connectivity index (χ4v) is 2.31. The minimum atomic E-state index is -0.210. The Bertz CT molecular complexity index is 740. The SMILES string of the molecule is CCC(=O)Nc1ccc(OCC(=O)NCCc2nc(C)cc(C)n2)cc1. The molecule has 0 aliphatic heterocycles. The lowest BCUT2D eigenvalue weighted by atomic mass is 10.3. The van der Waals surface area contributed by atoms with Crippen LogP contribution >= 0.6 is 0 Å². The Morgan fingerprint density at radius 2 is 1.69 bits per heavy atom. The van der Waals surface area contributed by atoms with Crippen LogP contribution in [-0.4, -0.2) is 34.9 Å². The van der Waals surface area contributed by atoms with Crippen molar-refractivity contribution in [1.29, 1.82) is 0 Å². The third-order valence-electron chi connectivity index (χ3n) is 3.53. The summed E-state index contributed by atoms with van der Waals surface area (Å²) in [6.45, 7) is 6.01. The highest BCUT2D eigenvalue weighted by Crippen LogP contribution is 2.15. The summed E-state index contributed by atoms with van der Waals surface area (Å²) in [5.74, 6) is 1.02. The summed E-state index contributed by atoms with van der Waals surface area (Å²) >= 11 is 0. The van der Waals surface area contributed by atoms with E-state index in [1.807, 2.05) is 19.9 Å². The van der Waals surface area contributed by atoms with Crippen LogP contribution in [0, 0.1) is 13.8 Å². The number of carbonyl (C=O) groups is 2. The third kappa shape index (κ3) is 6.51. The highest BCUT2D eigenvalue weighted by atomic mass is 16.5. The van der Waals surface area contributed by atoms with Crippen LogP contribution in [0.5, 0.6) is 5.75 Å². The van der Waals surface area contributed by atoms with Crippen molar-refractivity contribution in [2.75, 3.05) is 18.5 Å². The number of nitrogens with one attached hydrogen (secondary N) is 2. The molecular formula is C19H24N4O3.